The summed E-state index contributed by atoms with van der Waals surface area (Å²) in [5, 5.41) is 12.9. The molecule has 1 fully saturated rings. The number of nitrogens with zero attached hydrogens (tertiary/aromatic N) is 1. The third kappa shape index (κ3) is 2.89. The Morgan fingerprint density at radius 1 is 1.00 bits per heavy atom. The van der Waals surface area contributed by atoms with Crippen LogP contribution < -0.4 is 0 Å². The highest BCUT2D eigenvalue weighted by atomic mass is 16.3. The maximum Gasteiger partial charge on any atom is 0.233 e. The van der Waals surface area contributed by atoms with Crippen LogP contribution in [0.25, 0.3) is 10.8 Å². The standard InChI is InChI=1S/C29H25NO5/c1-3-30-28(34)19-11-10-17-20(24(19)29(30)35)13-21-22(31)12-14(2)26(32)25(21)23(17)18-9-8-15-6-4-5-7-16(15)27(18)33/h4-10,12,19-20,23-24,33H,3,11,13H2,1-2H3/t19-,20+,23+,24-/m0/s1. The van der Waals surface area contributed by atoms with Gasteiger partial charge in [0.1, 0.15) is 5.75 Å². The lowest BCUT2D eigenvalue weighted by atomic mass is 9.59. The Balaban J connectivity index is 1.59. The lowest BCUT2D eigenvalue weighted by Crippen LogP contribution is -2.39. The number of allylic oxidation sites excluding steroid dienone is 6. The van der Waals surface area contributed by atoms with Gasteiger partial charge in [-0.1, -0.05) is 48.0 Å². The first kappa shape index (κ1) is 21.7. The second-order valence-corrected chi connectivity index (χ2v) is 9.87. The van der Waals surface area contributed by atoms with Crippen LogP contribution in [0.5, 0.6) is 5.75 Å². The van der Waals surface area contributed by atoms with E-state index in [0.717, 1.165) is 11.0 Å². The first-order valence-corrected chi connectivity index (χ1v) is 12.1. The van der Waals surface area contributed by atoms with Gasteiger partial charge in [0.05, 0.1) is 11.8 Å². The van der Waals surface area contributed by atoms with Crippen LogP contribution in [0.15, 0.2) is 70.8 Å². The smallest absolute Gasteiger partial charge is 0.233 e. The second kappa shape index (κ2) is 7.60. The number of hydrogen-bond donors (Lipinski definition) is 1. The van der Waals surface area contributed by atoms with Gasteiger partial charge >= 0.3 is 0 Å². The predicted octanol–water partition coefficient (Wildman–Crippen LogP) is 3.99. The highest BCUT2D eigenvalue weighted by Gasteiger charge is 2.56. The minimum absolute atomic E-state index is 0.0695. The van der Waals surface area contributed by atoms with E-state index in [0.29, 0.717) is 40.6 Å². The van der Waals surface area contributed by atoms with E-state index in [9.17, 15) is 24.3 Å². The minimum atomic E-state index is -0.645. The molecule has 0 unspecified atom stereocenters. The Morgan fingerprint density at radius 2 is 1.77 bits per heavy atom. The molecule has 2 aromatic carbocycles. The van der Waals surface area contributed by atoms with Crippen molar-refractivity contribution in [2.45, 2.75) is 32.6 Å². The van der Waals surface area contributed by atoms with Crippen molar-refractivity contribution in [2.75, 3.05) is 6.54 Å². The molecule has 6 nitrogen and oxygen atoms in total. The number of amides is 2. The Morgan fingerprint density at radius 3 is 2.54 bits per heavy atom. The van der Waals surface area contributed by atoms with Crippen molar-refractivity contribution in [1.82, 2.24) is 4.90 Å². The summed E-state index contributed by atoms with van der Waals surface area (Å²) >= 11 is 0. The van der Waals surface area contributed by atoms with Gasteiger partial charge in [0.15, 0.2) is 11.6 Å². The van der Waals surface area contributed by atoms with Crippen LogP contribution in [-0.4, -0.2) is 39.9 Å². The van der Waals surface area contributed by atoms with E-state index in [1.165, 1.54) is 11.0 Å². The molecule has 0 aromatic heterocycles. The van der Waals surface area contributed by atoms with E-state index in [4.69, 9.17) is 0 Å². The molecule has 1 N–H and O–H groups in total. The third-order valence-electron chi connectivity index (χ3n) is 8.22. The number of carbonyl (C=O) groups excluding carboxylic acids is 4. The normalized spacial score (nSPS) is 28.1. The molecule has 0 spiro atoms. The van der Waals surface area contributed by atoms with Gasteiger partial charge in [-0.05, 0) is 44.1 Å². The van der Waals surface area contributed by atoms with Crippen LogP contribution >= 0.6 is 0 Å². The number of benzene rings is 2. The largest absolute Gasteiger partial charge is 0.507 e. The molecular weight excluding hydrogens is 442 g/mol. The van der Waals surface area contributed by atoms with Crippen molar-refractivity contribution in [1.29, 1.82) is 0 Å². The Hall–Kier alpha value is -3.80. The molecule has 2 aromatic rings. The number of hydrogen-bond acceptors (Lipinski definition) is 5. The summed E-state index contributed by atoms with van der Waals surface area (Å²) in [4.78, 5) is 54.2. The van der Waals surface area contributed by atoms with Crippen LogP contribution in [0.4, 0.5) is 0 Å². The van der Waals surface area contributed by atoms with E-state index >= 15 is 0 Å². The minimum Gasteiger partial charge on any atom is -0.507 e. The molecule has 6 rings (SSSR count). The zero-order valence-electron chi connectivity index (χ0n) is 19.6. The molecule has 2 amide bonds. The molecule has 0 saturated carbocycles. The molecule has 35 heavy (non-hydrogen) atoms. The average molecular weight is 468 g/mol. The molecule has 0 bridgehead atoms. The van der Waals surface area contributed by atoms with Crippen LogP contribution in [0, 0.1) is 17.8 Å². The molecule has 1 aliphatic heterocycles. The number of aromatic hydroxyl groups is 1. The fourth-order valence-electron chi connectivity index (χ4n) is 6.60. The molecule has 0 radical (unpaired) electrons. The van der Waals surface area contributed by atoms with Crippen molar-refractivity contribution in [3.8, 4) is 5.75 Å². The highest BCUT2D eigenvalue weighted by Crippen LogP contribution is 2.56. The quantitative estimate of drug-likeness (QED) is 0.410. The Kier molecular flexibility index (Phi) is 4.72. The van der Waals surface area contributed by atoms with Crippen molar-refractivity contribution in [2.24, 2.45) is 17.8 Å². The zero-order chi connectivity index (χ0) is 24.6. The van der Waals surface area contributed by atoms with Crippen molar-refractivity contribution in [3.63, 3.8) is 0 Å². The van der Waals surface area contributed by atoms with E-state index < -0.39 is 17.8 Å². The van der Waals surface area contributed by atoms with Gasteiger partial charge in [0, 0.05) is 40.1 Å². The number of phenolic OH excluding ortho intramolecular Hbond substituents is 1. The third-order valence-corrected chi connectivity index (χ3v) is 8.22. The van der Waals surface area contributed by atoms with E-state index in [1.807, 2.05) is 42.5 Å². The lowest BCUT2D eigenvalue weighted by Gasteiger charge is -2.42. The predicted molar refractivity (Wildman–Crippen MR) is 129 cm³/mol. The first-order chi connectivity index (χ1) is 16.8. The number of carbonyl (C=O) groups is 4. The van der Waals surface area contributed by atoms with Gasteiger partial charge in [-0.15, -0.1) is 0 Å². The van der Waals surface area contributed by atoms with E-state index in [2.05, 4.69) is 0 Å². The van der Waals surface area contributed by atoms with Gasteiger partial charge in [0.25, 0.3) is 0 Å². The fourth-order valence-corrected chi connectivity index (χ4v) is 6.60. The lowest BCUT2D eigenvalue weighted by molar-refractivity contribution is -0.139. The summed E-state index contributed by atoms with van der Waals surface area (Å²) in [5.41, 5.74) is 2.56. The number of likely N-dealkylation sites (tertiary alicyclic amines) is 1. The Bertz CT molecular complexity index is 1460. The summed E-state index contributed by atoms with van der Waals surface area (Å²) in [6, 6.07) is 11.2. The number of Topliss-reactive ketones (excluding diaryl/α,β-unsaturated/α-hetero) is 1. The van der Waals surface area contributed by atoms with Crippen molar-refractivity contribution >= 4 is 34.2 Å². The average Bonchev–Trinajstić information content (AvgIpc) is 3.11. The van der Waals surface area contributed by atoms with Gasteiger partial charge in [0.2, 0.25) is 11.8 Å². The first-order valence-electron chi connectivity index (χ1n) is 12.1. The van der Waals surface area contributed by atoms with Crippen LogP contribution in [0.1, 0.15) is 38.2 Å². The van der Waals surface area contributed by atoms with Crippen LogP contribution in [0.2, 0.25) is 0 Å². The fraction of sp³-hybridized carbons (Fsp3) is 0.310. The number of rotatable bonds is 2. The van der Waals surface area contributed by atoms with Gasteiger partial charge in [-0.25, -0.2) is 0 Å². The number of fused-ring (bicyclic) bond motifs is 4. The molecule has 176 valence electrons. The number of imide groups is 1. The monoisotopic (exact) mass is 467 g/mol. The molecule has 6 heteroatoms. The molecule has 4 aliphatic rings. The summed E-state index contributed by atoms with van der Waals surface area (Å²) in [6.45, 7) is 3.74. The van der Waals surface area contributed by atoms with E-state index in [1.54, 1.807) is 13.8 Å². The maximum absolute atomic E-state index is 13.5. The molecule has 4 atom stereocenters. The van der Waals surface area contributed by atoms with E-state index in [-0.39, 0.29) is 41.5 Å². The highest BCUT2D eigenvalue weighted by molar-refractivity contribution is 6.24. The number of ketones is 2. The molecule has 3 aliphatic carbocycles. The summed E-state index contributed by atoms with van der Waals surface area (Å²) in [7, 11) is 0. The maximum atomic E-state index is 13.5. The van der Waals surface area contributed by atoms with Crippen molar-refractivity contribution in [3.05, 3.63) is 76.4 Å². The van der Waals surface area contributed by atoms with Crippen LogP contribution in [0.3, 0.4) is 0 Å². The molecule has 1 saturated heterocycles. The summed E-state index contributed by atoms with van der Waals surface area (Å²) in [6.07, 6.45) is 4.00. The Labute approximate surface area is 202 Å². The summed E-state index contributed by atoms with van der Waals surface area (Å²) in [5.74, 6) is -2.76. The molecule has 1 heterocycles. The van der Waals surface area contributed by atoms with Gasteiger partial charge in [-0.3, -0.25) is 24.1 Å². The van der Waals surface area contributed by atoms with Crippen LogP contribution in [-0.2, 0) is 19.2 Å². The second-order valence-electron chi connectivity index (χ2n) is 9.87. The number of phenols is 1. The topological polar surface area (TPSA) is 91.8 Å². The van der Waals surface area contributed by atoms with Crippen molar-refractivity contribution < 1.29 is 24.3 Å². The summed E-state index contributed by atoms with van der Waals surface area (Å²) < 4.78 is 0. The van der Waals surface area contributed by atoms with Gasteiger partial charge in [-0.2, -0.15) is 0 Å². The zero-order valence-corrected chi connectivity index (χ0v) is 19.6. The SMILES string of the molecule is CCN1C(=O)[C@H]2[C@H](CC=C3[C@H](c4ccc5ccccc5c4O)C4=C(C[C@H]32)C(=O)C=C(C)C4=O)C1=O. The van der Waals surface area contributed by atoms with Gasteiger partial charge < -0.3 is 5.11 Å². The molecular formula is C29H25NO5.